The number of alkyl halides is 1. The van der Waals surface area contributed by atoms with Gasteiger partial charge in [-0.25, -0.2) is 14.4 Å². The van der Waals surface area contributed by atoms with Gasteiger partial charge >= 0.3 is 18.2 Å². The number of ether oxygens (including phenoxy) is 3. The average Bonchev–Trinajstić information content (AvgIpc) is 2.76. The minimum Gasteiger partial charge on any atom is -0.458 e. The summed E-state index contributed by atoms with van der Waals surface area (Å²) in [5, 5.41) is 12.6. The first-order chi connectivity index (χ1) is 16.7. The maximum Gasteiger partial charge on any atom is 0.410 e. The van der Waals surface area contributed by atoms with E-state index in [1.807, 2.05) is 30.3 Å². The summed E-state index contributed by atoms with van der Waals surface area (Å²) in [6.45, 7) is 10.8. The van der Waals surface area contributed by atoms with Crippen LogP contribution in [0.3, 0.4) is 0 Å². The molecule has 0 unspecified atom stereocenters. The van der Waals surface area contributed by atoms with Crippen LogP contribution in [0.25, 0.3) is 0 Å². The molecular formula is C26H41ClN2O7. The first-order valence-corrected chi connectivity index (χ1v) is 12.7. The normalized spacial score (nSPS) is 13.3. The van der Waals surface area contributed by atoms with Gasteiger partial charge in [0.05, 0.1) is 18.5 Å². The molecule has 0 heterocycles. The van der Waals surface area contributed by atoms with Gasteiger partial charge in [-0.3, -0.25) is 0 Å². The van der Waals surface area contributed by atoms with Crippen molar-refractivity contribution in [2.75, 3.05) is 19.0 Å². The highest BCUT2D eigenvalue weighted by Gasteiger charge is 2.28. The number of halogens is 1. The molecule has 0 bridgehead atoms. The lowest BCUT2D eigenvalue weighted by Crippen LogP contribution is -2.46. The number of rotatable bonds is 12. The summed E-state index contributed by atoms with van der Waals surface area (Å²) < 4.78 is 16.1. The molecule has 0 radical (unpaired) electrons. The molecule has 2 atom stereocenters. The van der Waals surface area contributed by atoms with Gasteiger partial charge in [0.2, 0.25) is 0 Å². The van der Waals surface area contributed by atoms with Crippen molar-refractivity contribution in [3.05, 3.63) is 35.9 Å². The molecule has 1 rings (SSSR count). The molecule has 2 amide bonds. The summed E-state index contributed by atoms with van der Waals surface area (Å²) in [6, 6.07) is 8.36. The number of alkyl carbamates (subject to hydrolysis) is 1. The fourth-order valence-corrected chi connectivity index (χ4v) is 3.19. The quantitative estimate of drug-likeness (QED) is 0.176. The van der Waals surface area contributed by atoms with Gasteiger partial charge in [0.15, 0.2) is 0 Å². The van der Waals surface area contributed by atoms with Gasteiger partial charge in [-0.05, 0) is 66.4 Å². The second-order valence-corrected chi connectivity index (χ2v) is 10.8. The topological polar surface area (TPSA) is 114 Å². The zero-order valence-corrected chi connectivity index (χ0v) is 23.0. The minimum absolute atomic E-state index is 0.0166. The summed E-state index contributed by atoms with van der Waals surface area (Å²) in [7, 11) is 0. The highest BCUT2D eigenvalue weighted by molar-refractivity contribution is 6.18. The smallest absolute Gasteiger partial charge is 0.410 e. The van der Waals surface area contributed by atoms with Crippen molar-refractivity contribution in [1.82, 2.24) is 10.2 Å². The molecule has 0 aliphatic carbocycles. The number of hydrogen-bond acceptors (Lipinski definition) is 7. The molecule has 2 N–H and O–H groups in total. The van der Waals surface area contributed by atoms with Crippen LogP contribution < -0.4 is 5.32 Å². The molecule has 10 heteroatoms. The van der Waals surface area contributed by atoms with Crippen molar-refractivity contribution >= 4 is 29.8 Å². The standard InChI is InChI=1S/C26H41ClN2O7/c1-25(2,3)35-22(31)21(28-23(32)36-26(4,5)6)14-10-11-15-29(17-20(30)16-27)24(33)34-18-19-12-8-7-9-13-19/h7-9,12-13,20-21,30H,10-11,14-18H2,1-6H3,(H,28,32)/t20-,21+/m1/s1. The number of unbranched alkanes of at least 4 members (excludes halogenated alkanes) is 1. The number of carbonyl (C=O) groups excluding carboxylic acids is 3. The van der Waals surface area contributed by atoms with Crippen molar-refractivity contribution in [2.24, 2.45) is 0 Å². The highest BCUT2D eigenvalue weighted by atomic mass is 35.5. The molecule has 1 aromatic carbocycles. The Hall–Kier alpha value is -2.52. The van der Waals surface area contributed by atoms with E-state index >= 15 is 0 Å². The molecule has 36 heavy (non-hydrogen) atoms. The predicted octanol–water partition coefficient (Wildman–Crippen LogP) is 4.63. The van der Waals surface area contributed by atoms with E-state index < -0.39 is 41.5 Å². The van der Waals surface area contributed by atoms with Crippen LogP contribution >= 0.6 is 11.6 Å². The maximum atomic E-state index is 12.7. The first kappa shape index (κ1) is 31.5. The number of hydrogen-bond donors (Lipinski definition) is 2. The van der Waals surface area contributed by atoms with Crippen molar-refractivity contribution < 1.29 is 33.7 Å². The first-order valence-electron chi connectivity index (χ1n) is 12.1. The third kappa shape index (κ3) is 14.1. The fraction of sp³-hybridized carbons (Fsp3) is 0.654. The highest BCUT2D eigenvalue weighted by Crippen LogP contribution is 2.14. The van der Waals surface area contributed by atoms with E-state index in [4.69, 9.17) is 25.8 Å². The van der Waals surface area contributed by atoms with Gasteiger partial charge in [-0.15, -0.1) is 11.6 Å². The van der Waals surface area contributed by atoms with E-state index in [0.717, 1.165) is 5.56 Å². The average molecular weight is 529 g/mol. The summed E-state index contributed by atoms with van der Waals surface area (Å²) in [4.78, 5) is 39.0. The van der Waals surface area contributed by atoms with Crippen molar-refractivity contribution in [3.63, 3.8) is 0 Å². The minimum atomic E-state index is -0.911. The Kier molecular flexibility index (Phi) is 13.0. The Balaban J connectivity index is 2.72. The Labute approximate surface area is 219 Å². The van der Waals surface area contributed by atoms with E-state index in [0.29, 0.717) is 12.8 Å². The number of aliphatic hydroxyl groups is 1. The summed E-state index contributed by atoms with van der Waals surface area (Å²) in [5.74, 6) is -0.590. The van der Waals surface area contributed by atoms with E-state index in [1.165, 1.54) is 4.90 Å². The Morgan fingerprint density at radius 1 is 1.00 bits per heavy atom. The van der Waals surface area contributed by atoms with Gasteiger partial charge < -0.3 is 29.5 Å². The Bertz CT molecular complexity index is 822. The summed E-state index contributed by atoms with van der Waals surface area (Å²) >= 11 is 5.73. The molecule has 204 valence electrons. The number of carbonyl (C=O) groups is 3. The van der Waals surface area contributed by atoms with E-state index in [2.05, 4.69) is 5.32 Å². The van der Waals surface area contributed by atoms with Gasteiger partial charge in [-0.2, -0.15) is 0 Å². The molecular weight excluding hydrogens is 488 g/mol. The van der Waals surface area contributed by atoms with Crippen molar-refractivity contribution in [1.29, 1.82) is 0 Å². The lowest BCUT2D eigenvalue weighted by molar-refractivity contribution is -0.157. The lowest BCUT2D eigenvalue weighted by atomic mass is 10.1. The molecule has 1 aromatic rings. The second kappa shape index (κ2) is 14.9. The third-order valence-electron chi connectivity index (χ3n) is 4.63. The number of nitrogens with zero attached hydrogens (tertiary/aromatic N) is 1. The largest absolute Gasteiger partial charge is 0.458 e. The predicted molar refractivity (Wildman–Crippen MR) is 138 cm³/mol. The second-order valence-electron chi connectivity index (χ2n) is 10.5. The summed E-state index contributed by atoms with van der Waals surface area (Å²) in [5.41, 5.74) is -0.592. The van der Waals surface area contributed by atoms with Crippen LogP contribution in [0.5, 0.6) is 0 Å². The number of nitrogens with one attached hydrogen (secondary N) is 1. The van der Waals surface area contributed by atoms with Crippen LogP contribution in [-0.2, 0) is 25.6 Å². The third-order valence-corrected chi connectivity index (χ3v) is 4.98. The van der Waals surface area contributed by atoms with Gasteiger partial charge in [-0.1, -0.05) is 30.3 Å². The van der Waals surface area contributed by atoms with Gasteiger partial charge in [0.1, 0.15) is 23.9 Å². The molecule has 0 aliphatic heterocycles. The molecule has 9 nitrogen and oxygen atoms in total. The number of benzene rings is 1. The van der Waals surface area contributed by atoms with E-state index in [-0.39, 0.29) is 32.0 Å². The van der Waals surface area contributed by atoms with Gasteiger partial charge in [0.25, 0.3) is 0 Å². The molecule has 0 fully saturated rings. The summed E-state index contributed by atoms with van der Waals surface area (Å²) in [6.07, 6.45) is -0.934. The number of amides is 2. The zero-order valence-electron chi connectivity index (χ0n) is 22.2. The molecule has 0 spiro atoms. The van der Waals surface area contributed by atoms with Crippen molar-refractivity contribution in [2.45, 2.75) is 90.8 Å². The molecule has 0 aromatic heterocycles. The van der Waals surface area contributed by atoms with Gasteiger partial charge in [0, 0.05) is 6.54 Å². The van der Waals surface area contributed by atoms with Crippen LogP contribution in [0.2, 0.25) is 0 Å². The fourth-order valence-electron chi connectivity index (χ4n) is 3.09. The van der Waals surface area contributed by atoms with Crippen LogP contribution in [0, 0.1) is 0 Å². The number of esters is 1. The van der Waals surface area contributed by atoms with Crippen LogP contribution in [0.4, 0.5) is 9.59 Å². The SMILES string of the molecule is CC(C)(C)OC(=O)N[C@@H](CCCCN(C[C@H](O)CCl)C(=O)OCc1ccccc1)C(=O)OC(C)(C)C. The van der Waals surface area contributed by atoms with E-state index in [1.54, 1.807) is 41.5 Å². The molecule has 0 saturated carbocycles. The number of aliphatic hydroxyl groups excluding tert-OH is 1. The maximum absolute atomic E-state index is 12.7. The zero-order chi connectivity index (χ0) is 27.4. The van der Waals surface area contributed by atoms with Crippen LogP contribution in [0.1, 0.15) is 66.4 Å². The van der Waals surface area contributed by atoms with Crippen molar-refractivity contribution in [3.8, 4) is 0 Å². The Morgan fingerprint density at radius 3 is 2.17 bits per heavy atom. The molecule has 0 aliphatic rings. The van der Waals surface area contributed by atoms with Crippen LogP contribution in [-0.4, -0.2) is 70.5 Å². The Morgan fingerprint density at radius 2 is 1.61 bits per heavy atom. The lowest BCUT2D eigenvalue weighted by Gasteiger charge is -2.27. The molecule has 0 saturated heterocycles. The van der Waals surface area contributed by atoms with E-state index in [9.17, 15) is 19.5 Å². The van der Waals surface area contributed by atoms with Crippen LogP contribution in [0.15, 0.2) is 30.3 Å². The monoisotopic (exact) mass is 528 g/mol.